The number of fused-ring (bicyclic) bond motifs is 1. The minimum absolute atomic E-state index is 0.180. The molecule has 3 heterocycles. The van der Waals surface area contributed by atoms with E-state index >= 15 is 0 Å². The van der Waals surface area contributed by atoms with E-state index in [1.54, 1.807) is 9.95 Å². The van der Waals surface area contributed by atoms with Crippen LogP contribution >= 0.6 is 11.5 Å². The van der Waals surface area contributed by atoms with Gasteiger partial charge in [0.05, 0.1) is 18.6 Å². The Hall–Kier alpha value is -3.78. The van der Waals surface area contributed by atoms with Crippen LogP contribution in [0, 0.1) is 13.8 Å². The van der Waals surface area contributed by atoms with E-state index < -0.39 is 5.69 Å². The third-order valence-corrected chi connectivity index (χ3v) is 6.01. The summed E-state index contributed by atoms with van der Waals surface area (Å²) in [6, 6.07) is 17.4. The lowest BCUT2D eigenvalue weighted by atomic mass is 10.1. The first-order valence-electron chi connectivity index (χ1n) is 10.2. The summed E-state index contributed by atoms with van der Waals surface area (Å²) in [5, 5.41) is 1.72. The molecule has 7 nitrogen and oxygen atoms in total. The molecular formula is C24H20N4O3S. The van der Waals surface area contributed by atoms with Crippen molar-refractivity contribution in [3.8, 4) is 11.5 Å². The lowest BCUT2D eigenvalue weighted by Crippen LogP contribution is -2.40. The van der Waals surface area contributed by atoms with E-state index in [1.807, 2.05) is 68.4 Å². The summed E-state index contributed by atoms with van der Waals surface area (Å²) in [7, 11) is 0. The molecule has 0 amide bonds. The minimum Gasteiger partial charge on any atom is -0.441 e. The van der Waals surface area contributed by atoms with E-state index in [4.69, 9.17) is 4.42 Å². The Balaban J connectivity index is 1.61. The van der Waals surface area contributed by atoms with Crippen LogP contribution in [0.5, 0.6) is 0 Å². The Morgan fingerprint density at radius 3 is 2.56 bits per heavy atom. The molecule has 0 saturated carbocycles. The van der Waals surface area contributed by atoms with Gasteiger partial charge in [-0.25, -0.2) is 9.78 Å². The minimum atomic E-state index is -0.395. The molecule has 0 spiro atoms. The Morgan fingerprint density at radius 1 is 0.969 bits per heavy atom. The average Bonchev–Trinajstić information content (AvgIpc) is 3.42. The molecule has 0 fully saturated rings. The molecule has 0 saturated heterocycles. The van der Waals surface area contributed by atoms with Gasteiger partial charge in [0.15, 0.2) is 5.52 Å². The van der Waals surface area contributed by atoms with Crippen LogP contribution in [-0.2, 0) is 13.1 Å². The van der Waals surface area contributed by atoms with Crippen LogP contribution in [0.2, 0.25) is 0 Å². The van der Waals surface area contributed by atoms with Crippen molar-refractivity contribution in [2.45, 2.75) is 26.9 Å². The van der Waals surface area contributed by atoms with Gasteiger partial charge >= 0.3 is 5.69 Å². The first kappa shape index (κ1) is 20.1. The second-order valence-corrected chi connectivity index (χ2v) is 8.31. The summed E-state index contributed by atoms with van der Waals surface area (Å²) < 4.78 is 12.9. The van der Waals surface area contributed by atoms with Crippen molar-refractivity contribution in [3.05, 3.63) is 103 Å². The van der Waals surface area contributed by atoms with Gasteiger partial charge in [0.1, 0.15) is 11.5 Å². The van der Waals surface area contributed by atoms with Crippen LogP contribution in [-0.4, -0.2) is 18.5 Å². The number of benzene rings is 2. The summed E-state index contributed by atoms with van der Waals surface area (Å²) >= 11 is 1.16. The summed E-state index contributed by atoms with van der Waals surface area (Å²) in [5.74, 6) is 1.13. The third-order valence-electron chi connectivity index (χ3n) is 5.40. The summed E-state index contributed by atoms with van der Waals surface area (Å²) in [6.45, 7) is 4.17. The monoisotopic (exact) mass is 444 g/mol. The normalized spacial score (nSPS) is 11.3. The van der Waals surface area contributed by atoms with Crippen LogP contribution in [0.1, 0.15) is 22.6 Å². The molecule has 5 rings (SSSR count). The highest BCUT2D eigenvalue weighted by Gasteiger charge is 2.19. The van der Waals surface area contributed by atoms with Crippen molar-refractivity contribution >= 4 is 22.6 Å². The molecule has 0 bridgehead atoms. The van der Waals surface area contributed by atoms with Gasteiger partial charge in [-0.15, -0.1) is 0 Å². The zero-order valence-electron chi connectivity index (χ0n) is 17.6. The van der Waals surface area contributed by atoms with Crippen molar-refractivity contribution in [2.75, 3.05) is 0 Å². The Kier molecular flexibility index (Phi) is 5.07. The second-order valence-electron chi connectivity index (χ2n) is 7.69. The molecule has 8 heteroatoms. The number of hydrogen-bond acceptors (Lipinski definition) is 6. The summed E-state index contributed by atoms with van der Waals surface area (Å²) in [4.78, 5) is 31.1. The average molecular weight is 445 g/mol. The number of rotatable bonds is 5. The van der Waals surface area contributed by atoms with Gasteiger partial charge in [0, 0.05) is 10.9 Å². The number of aryl methyl sites for hydroxylation is 2. The fourth-order valence-electron chi connectivity index (χ4n) is 3.75. The van der Waals surface area contributed by atoms with Gasteiger partial charge < -0.3 is 4.42 Å². The quantitative estimate of drug-likeness (QED) is 0.409. The van der Waals surface area contributed by atoms with E-state index in [0.717, 1.165) is 28.2 Å². The zero-order valence-corrected chi connectivity index (χ0v) is 18.4. The fraction of sp³-hybridized carbons (Fsp3) is 0.167. The Morgan fingerprint density at radius 2 is 1.78 bits per heavy atom. The lowest BCUT2D eigenvalue weighted by Gasteiger charge is -2.11. The highest BCUT2D eigenvalue weighted by Crippen LogP contribution is 2.22. The second kappa shape index (κ2) is 8.05. The molecule has 2 aromatic carbocycles. The summed E-state index contributed by atoms with van der Waals surface area (Å²) in [5.41, 5.74) is 3.46. The first-order chi connectivity index (χ1) is 15.5. The predicted octanol–water partition coefficient (Wildman–Crippen LogP) is 3.99. The highest BCUT2D eigenvalue weighted by molar-refractivity contribution is 7.04. The van der Waals surface area contributed by atoms with E-state index in [1.165, 1.54) is 4.57 Å². The molecule has 0 N–H and O–H groups in total. The van der Waals surface area contributed by atoms with Gasteiger partial charge in [-0.3, -0.25) is 13.9 Å². The molecule has 5 aromatic rings. The molecule has 0 unspecified atom stereocenters. The third kappa shape index (κ3) is 3.58. The van der Waals surface area contributed by atoms with Gasteiger partial charge in [-0.05, 0) is 43.1 Å². The van der Waals surface area contributed by atoms with Gasteiger partial charge in [-0.1, -0.05) is 48.0 Å². The van der Waals surface area contributed by atoms with Crippen molar-refractivity contribution in [1.82, 2.24) is 18.5 Å². The van der Waals surface area contributed by atoms with Crippen LogP contribution in [0.4, 0.5) is 0 Å². The number of aromatic nitrogens is 4. The van der Waals surface area contributed by atoms with Gasteiger partial charge in [-0.2, -0.15) is 4.37 Å². The maximum Gasteiger partial charge on any atom is 0.332 e. The molecule has 0 atom stereocenters. The van der Waals surface area contributed by atoms with Gasteiger partial charge in [0.25, 0.3) is 5.56 Å². The van der Waals surface area contributed by atoms with Gasteiger partial charge in [0.2, 0.25) is 5.89 Å². The van der Waals surface area contributed by atoms with E-state index in [0.29, 0.717) is 22.9 Å². The molecule has 3 aromatic heterocycles. The molecule has 32 heavy (non-hydrogen) atoms. The smallest absolute Gasteiger partial charge is 0.332 e. The van der Waals surface area contributed by atoms with Crippen molar-refractivity contribution in [1.29, 1.82) is 0 Å². The van der Waals surface area contributed by atoms with E-state index in [9.17, 15) is 9.59 Å². The maximum absolute atomic E-state index is 13.4. The largest absolute Gasteiger partial charge is 0.441 e. The van der Waals surface area contributed by atoms with Crippen molar-refractivity contribution in [2.24, 2.45) is 0 Å². The number of nitrogens with zero attached hydrogens (tertiary/aromatic N) is 4. The zero-order chi connectivity index (χ0) is 22.2. The Bertz CT molecular complexity index is 1540. The maximum atomic E-state index is 13.4. The predicted molar refractivity (Wildman–Crippen MR) is 124 cm³/mol. The fourth-order valence-corrected chi connectivity index (χ4v) is 4.42. The van der Waals surface area contributed by atoms with E-state index in [-0.39, 0.29) is 24.2 Å². The first-order valence-corrected chi connectivity index (χ1v) is 11.0. The lowest BCUT2D eigenvalue weighted by molar-refractivity contribution is 0.536. The SMILES string of the molecule is Cc1cccc(Cn2c(=O)c3nscc3n(Cc3nc(-c4ccccc4)oc3C)c2=O)c1. The van der Waals surface area contributed by atoms with Crippen LogP contribution in [0.25, 0.3) is 22.5 Å². The number of hydrogen-bond donors (Lipinski definition) is 0. The molecule has 0 radical (unpaired) electrons. The molecule has 160 valence electrons. The van der Waals surface area contributed by atoms with Crippen LogP contribution in [0.15, 0.2) is 74.0 Å². The van der Waals surface area contributed by atoms with Crippen molar-refractivity contribution in [3.63, 3.8) is 0 Å². The summed E-state index contributed by atoms with van der Waals surface area (Å²) in [6.07, 6.45) is 0. The van der Waals surface area contributed by atoms with E-state index in [2.05, 4.69) is 9.36 Å². The van der Waals surface area contributed by atoms with Crippen molar-refractivity contribution < 1.29 is 4.42 Å². The topological polar surface area (TPSA) is 82.9 Å². The molecular weight excluding hydrogens is 424 g/mol. The molecule has 0 aliphatic carbocycles. The number of oxazole rings is 1. The molecule has 0 aliphatic heterocycles. The van der Waals surface area contributed by atoms with Crippen LogP contribution < -0.4 is 11.2 Å². The Labute approximate surface area is 187 Å². The molecule has 0 aliphatic rings. The standard InChI is InChI=1S/C24H20N4O3S/c1-15-7-6-8-17(11-15)12-28-23(29)21-20(14-32-26-21)27(24(28)30)13-19-16(2)31-22(25-19)18-9-4-3-5-10-18/h3-11,14H,12-13H2,1-2H3. The highest BCUT2D eigenvalue weighted by atomic mass is 32.1. The van der Waals surface area contributed by atoms with Crippen LogP contribution in [0.3, 0.4) is 0 Å².